The molecule has 3 rings (SSSR count). The molecule has 0 N–H and O–H groups in total. The molecule has 2 aromatic rings. The van der Waals surface area contributed by atoms with E-state index in [4.69, 9.17) is 21.1 Å². The molecule has 0 radical (unpaired) electrons. The first-order chi connectivity index (χ1) is 10.9. The molecule has 0 unspecified atom stereocenters. The van der Waals surface area contributed by atoms with E-state index in [-0.39, 0.29) is 24.9 Å². The zero-order valence-corrected chi connectivity index (χ0v) is 14.2. The van der Waals surface area contributed by atoms with E-state index in [1.54, 1.807) is 0 Å². The topological polar surface area (TPSA) is 66.2 Å². The molecule has 0 bridgehead atoms. The third kappa shape index (κ3) is 3.33. The highest BCUT2D eigenvalue weighted by Crippen LogP contribution is 2.32. The SMILES string of the molecule is CC(C)(C)C(=O)OC[C@@H]1CC[C@H](n2ccc3c(Cl)ncnc32)O1. The molecule has 2 aromatic heterocycles. The van der Waals surface area contributed by atoms with Crippen molar-refractivity contribution in [1.82, 2.24) is 14.5 Å². The van der Waals surface area contributed by atoms with Crippen LogP contribution >= 0.6 is 11.6 Å². The molecule has 1 aliphatic heterocycles. The van der Waals surface area contributed by atoms with E-state index in [2.05, 4.69) is 9.97 Å². The Bertz CT molecular complexity index is 723. The van der Waals surface area contributed by atoms with Crippen molar-refractivity contribution in [1.29, 1.82) is 0 Å². The van der Waals surface area contributed by atoms with Crippen molar-refractivity contribution in [2.45, 2.75) is 45.9 Å². The molecule has 1 fully saturated rings. The van der Waals surface area contributed by atoms with Gasteiger partial charge in [-0.3, -0.25) is 4.79 Å². The average Bonchev–Trinajstić information content (AvgIpc) is 3.10. The van der Waals surface area contributed by atoms with Crippen molar-refractivity contribution in [2.24, 2.45) is 5.41 Å². The van der Waals surface area contributed by atoms with Crippen LogP contribution in [-0.4, -0.2) is 33.2 Å². The van der Waals surface area contributed by atoms with Gasteiger partial charge >= 0.3 is 5.97 Å². The highest BCUT2D eigenvalue weighted by molar-refractivity contribution is 6.33. The van der Waals surface area contributed by atoms with Crippen LogP contribution in [0.1, 0.15) is 39.8 Å². The monoisotopic (exact) mass is 337 g/mol. The Morgan fingerprint density at radius 2 is 2.22 bits per heavy atom. The predicted octanol–water partition coefficient (Wildman–Crippen LogP) is 3.35. The first-order valence-electron chi connectivity index (χ1n) is 7.66. The summed E-state index contributed by atoms with van der Waals surface area (Å²) in [4.78, 5) is 20.1. The van der Waals surface area contributed by atoms with Crippen LogP contribution in [0.4, 0.5) is 0 Å². The third-order valence-electron chi connectivity index (χ3n) is 3.87. The summed E-state index contributed by atoms with van der Waals surface area (Å²) in [6, 6.07) is 1.88. The van der Waals surface area contributed by atoms with Crippen molar-refractivity contribution in [3.8, 4) is 0 Å². The number of esters is 1. The van der Waals surface area contributed by atoms with Gasteiger partial charge in [0.05, 0.1) is 16.9 Å². The maximum atomic E-state index is 11.8. The number of aromatic nitrogens is 3. The molecule has 3 heterocycles. The van der Waals surface area contributed by atoms with Crippen LogP contribution < -0.4 is 0 Å². The standard InChI is InChI=1S/C16H20ClN3O3/c1-16(2,3)15(21)22-8-10-4-5-12(23-10)20-7-6-11-13(17)18-9-19-14(11)20/h6-7,9-10,12H,4-5,8H2,1-3H3/t10-,12+/m0/s1. The lowest BCUT2D eigenvalue weighted by Gasteiger charge is -2.19. The molecule has 0 aliphatic carbocycles. The first-order valence-corrected chi connectivity index (χ1v) is 8.04. The number of carbonyl (C=O) groups is 1. The zero-order chi connectivity index (χ0) is 16.6. The molecule has 124 valence electrons. The molecule has 0 saturated carbocycles. The summed E-state index contributed by atoms with van der Waals surface area (Å²) in [6.45, 7) is 5.79. The van der Waals surface area contributed by atoms with Crippen molar-refractivity contribution in [3.63, 3.8) is 0 Å². The molecular weight excluding hydrogens is 318 g/mol. The van der Waals surface area contributed by atoms with Crippen molar-refractivity contribution in [2.75, 3.05) is 6.61 Å². The fraction of sp³-hybridized carbons (Fsp3) is 0.562. The van der Waals surface area contributed by atoms with Gasteiger partial charge in [-0.05, 0) is 39.7 Å². The van der Waals surface area contributed by atoms with Crippen molar-refractivity contribution >= 4 is 28.6 Å². The number of fused-ring (bicyclic) bond motifs is 1. The highest BCUT2D eigenvalue weighted by atomic mass is 35.5. The van der Waals surface area contributed by atoms with Gasteiger partial charge < -0.3 is 14.0 Å². The molecule has 0 spiro atoms. The summed E-state index contributed by atoms with van der Waals surface area (Å²) in [5.74, 6) is -0.213. The van der Waals surface area contributed by atoms with Gasteiger partial charge in [0.15, 0.2) is 0 Å². The first kappa shape index (κ1) is 16.2. The van der Waals surface area contributed by atoms with Gasteiger partial charge in [0.2, 0.25) is 0 Å². The van der Waals surface area contributed by atoms with Gasteiger partial charge in [-0.2, -0.15) is 0 Å². The second-order valence-corrected chi connectivity index (χ2v) is 7.12. The van der Waals surface area contributed by atoms with E-state index < -0.39 is 5.41 Å². The molecule has 0 amide bonds. The van der Waals surface area contributed by atoms with Gasteiger partial charge in [0.1, 0.15) is 30.0 Å². The smallest absolute Gasteiger partial charge is 0.311 e. The number of carbonyl (C=O) groups excluding carboxylic acids is 1. The summed E-state index contributed by atoms with van der Waals surface area (Å²) in [6.07, 6.45) is 4.79. The maximum Gasteiger partial charge on any atom is 0.311 e. The zero-order valence-electron chi connectivity index (χ0n) is 13.5. The Balaban J connectivity index is 1.65. The Hall–Kier alpha value is -1.66. The maximum absolute atomic E-state index is 11.8. The molecule has 7 heteroatoms. The van der Waals surface area contributed by atoms with E-state index >= 15 is 0 Å². The molecule has 1 aliphatic rings. The number of rotatable bonds is 3. The normalized spacial score (nSPS) is 21.7. The van der Waals surface area contributed by atoms with Gasteiger partial charge in [-0.1, -0.05) is 11.6 Å². The van der Waals surface area contributed by atoms with Crippen molar-refractivity contribution in [3.05, 3.63) is 23.7 Å². The van der Waals surface area contributed by atoms with Crippen LogP contribution in [-0.2, 0) is 14.3 Å². The minimum absolute atomic E-state index is 0.0962. The van der Waals surface area contributed by atoms with Crippen LogP contribution in [0.2, 0.25) is 5.15 Å². The van der Waals surface area contributed by atoms with Crippen LogP contribution in [0, 0.1) is 5.41 Å². The molecule has 1 saturated heterocycles. The van der Waals surface area contributed by atoms with E-state index in [0.29, 0.717) is 5.15 Å². The lowest BCUT2D eigenvalue weighted by Crippen LogP contribution is -2.27. The number of nitrogens with zero attached hydrogens (tertiary/aromatic N) is 3. The minimum atomic E-state index is -0.498. The molecule has 2 atom stereocenters. The number of hydrogen-bond donors (Lipinski definition) is 0. The molecule has 0 aromatic carbocycles. The lowest BCUT2D eigenvalue weighted by molar-refractivity contribution is -0.157. The third-order valence-corrected chi connectivity index (χ3v) is 4.17. The van der Waals surface area contributed by atoms with Crippen LogP contribution in [0.15, 0.2) is 18.6 Å². The van der Waals surface area contributed by atoms with Crippen LogP contribution in [0.3, 0.4) is 0 Å². The number of ether oxygens (including phenoxy) is 2. The van der Waals surface area contributed by atoms with E-state index in [1.807, 2.05) is 37.6 Å². The molecular formula is C16H20ClN3O3. The van der Waals surface area contributed by atoms with Gasteiger partial charge in [0.25, 0.3) is 0 Å². The number of halogens is 1. The highest BCUT2D eigenvalue weighted by Gasteiger charge is 2.30. The minimum Gasteiger partial charge on any atom is -0.463 e. The number of hydrogen-bond acceptors (Lipinski definition) is 5. The fourth-order valence-corrected chi connectivity index (χ4v) is 2.76. The lowest BCUT2D eigenvalue weighted by atomic mass is 9.97. The van der Waals surface area contributed by atoms with E-state index in [0.717, 1.165) is 23.9 Å². The quantitative estimate of drug-likeness (QED) is 0.634. The Kier molecular flexibility index (Phi) is 4.29. The van der Waals surface area contributed by atoms with Gasteiger partial charge in [-0.15, -0.1) is 0 Å². The second kappa shape index (κ2) is 6.09. The van der Waals surface area contributed by atoms with Gasteiger partial charge in [0, 0.05) is 6.20 Å². The van der Waals surface area contributed by atoms with Crippen LogP contribution in [0.25, 0.3) is 11.0 Å². The van der Waals surface area contributed by atoms with Gasteiger partial charge in [-0.25, -0.2) is 9.97 Å². The van der Waals surface area contributed by atoms with E-state index in [1.165, 1.54) is 6.33 Å². The summed E-state index contributed by atoms with van der Waals surface area (Å²) >= 11 is 6.07. The predicted molar refractivity (Wildman–Crippen MR) is 86.1 cm³/mol. The summed E-state index contributed by atoms with van der Waals surface area (Å²) < 4.78 is 13.3. The Labute approximate surface area is 139 Å². The largest absolute Gasteiger partial charge is 0.463 e. The van der Waals surface area contributed by atoms with Crippen molar-refractivity contribution < 1.29 is 14.3 Å². The average molecular weight is 338 g/mol. The molecule has 6 nitrogen and oxygen atoms in total. The van der Waals surface area contributed by atoms with E-state index in [9.17, 15) is 4.79 Å². The Morgan fingerprint density at radius 3 is 2.96 bits per heavy atom. The summed E-state index contributed by atoms with van der Waals surface area (Å²) in [7, 11) is 0. The Morgan fingerprint density at radius 1 is 1.43 bits per heavy atom. The molecule has 23 heavy (non-hydrogen) atoms. The summed E-state index contributed by atoms with van der Waals surface area (Å²) in [5.41, 5.74) is 0.254. The fourth-order valence-electron chi connectivity index (χ4n) is 2.57. The second-order valence-electron chi connectivity index (χ2n) is 6.76. The summed E-state index contributed by atoms with van der Waals surface area (Å²) in [5, 5.41) is 1.24. The van der Waals surface area contributed by atoms with Crippen LogP contribution in [0.5, 0.6) is 0 Å².